The van der Waals surface area contributed by atoms with Crippen LogP contribution in [0.25, 0.3) is 0 Å². The number of anilines is 1. The molecule has 0 spiro atoms. The molecule has 2 rings (SSSR count). The number of hydrogen-bond donors (Lipinski definition) is 0. The molecule has 0 radical (unpaired) electrons. The number of aromatic nitrogens is 1. The molecule has 1 heterocycles. The minimum atomic E-state index is -0.528. The zero-order valence-electron chi connectivity index (χ0n) is 13.5. The fourth-order valence-corrected chi connectivity index (χ4v) is 1.92. The van der Waals surface area contributed by atoms with Crippen LogP contribution in [0.2, 0.25) is 0 Å². The van der Waals surface area contributed by atoms with E-state index < -0.39 is 5.97 Å². The maximum absolute atomic E-state index is 11.6. The Labute approximate surface area is 135 Å². The summed E-state index contributed by atoms with van der Waals surface area (Å²) in [4.78, 5) is 17.6. The van der Waals surface area contributed by atoms with Gasteiger partial charge in [-0.1, -0.05) is 6.07 Å². The number of hydrogen-bond acceptors (Lipinski definition) is 6. The van der Waals surface area contributed by atoms with Crippen LogP contribution >= 0.6 is 0 Å². The summed E-state index contributed by atoms with van der Waals surface area (Å²) in [5.74, 6) is 0.615. The van der Waals surface area contributed by atoms with E-state index in [1.807, 2.05) is 43.3 Å². The third-order valence-corrected chi connectivity index (χ3v) is 3.09. The van der Waals surface area contributed by atoms with Gasteiger partial charge < -0.3 is 19.1 Å². The van der Waals surface area contributed by atoms with Gasteiger partial charge in [0.1, 0.15) is 19.0 Å². The first kappa shape index (κ1) is 16.6. The quantitative estimate of drug-likeness (QED) is 0.577. The van der Waals surface area contributed by atoms with Gasteiger partial charge in [0, 0.05) is 32.0 Å². The third kappa shape index (κ3) is 4.60. The van der Waals surface area contributed by atoms with E-state index in [0.29, 0.717) is 19.0 Å². The molecule has 0 N–H and O–H groups in total. The highest BCUT2D eigenvalue weighted by atomic mass is 16.5. The Bertz CT molecular complexity index is 659. The maximum Gasteiger partial charge on any atom is 0.360 e. The van der Waals surface area contributed by atoms with Crippen molar-refractivity contribution in [2.75, 3.05) is 39.3 Å². The van der Waals surface area contributed by atoms with E-state index in [9.17, 15) is 4.79 Å². The molecule has 0 unspecified atom stereocenters. The summed E-state index contributed by atoms with van der Waals surface area (Å²) in [5, 5.41) is 0. The Morgan fingerprint density at radius 1 is 1.13 bits per heavy atom. The molecule has 2 aromatic rings. The molecule has 1 aromatic heterocycles. The smallest absolute Gasteiger partial charge is 0.360 e. The molecule has 23 heavy (non-hydrogen) atoms. The molecule has 0 saturated heterocycles. The third-order valence-electron chi connectivity index (χ3n) is 3.09. The zero-order chi connectivity index (χ0) is 16.7. The van der Waals surface area contributed by atoms with E-state index in [1.54, 1.807) is 12.1 Å². The van der Waals surface area contributed by atoms with Crippen LogP contribution in [0, 0.1) is 0 Å². The summed E-state index contributed by atoms with van der Waals surface area (Å²) in [6.45, 7) is 0.647. The van der Waals surface area contributed by atoms with E-state index in [0.717, 1.165) is 11.4 Å². The lowest BCUT2D eigenvalue weighted by Crippen LogP contribution is -2.13. The van der Waals surface area contributed by atoms with Crippen molar-refractivity contribution in [2.45, 2.75) is 0 Å². The largest absolute Gasteiger partial charge is 0.490 e. The summed E-state index contributed by atoms with van der Waals surface area (Å²) >= 11 is 0. The van der Waals surface area contributed by atoms with Crippen molar-refractivity contribution in [3.63, 3.8) is 0 Å². The summed E-state index contributed by atoms with van der Waals surface area (Å²) in [5.41, 5.74) is 1.22. The average molecular weight is 316 g/mol. The number of benzene rings is 1. The summed E-state index contributed by atoms with van der Waals surface area (Å²) < 4.78 is 15.9. The van der Waals surface area contributed by atoms with Crippen molar-refractivity contribution < 1.29 is 19.0 Å². The molecule has 0 aliphatic heterocycles. The van der Waals surface area contributed by atoms with Crippen LogP contribution in [0.1, 0.15) is 10.5 Å². The van der Waals surface area contributed by atoms with Gasteiger partial charge in [0.05, 0.1) is 7.11 Å². The van der Waals surface area contributed by atoms with Crippen LogP contribution in [0.3, 0.4) is 0 Å². The minimum absolute atomic E-state index is 0.157. The zero-order valence-corrected chi connectivity index (χ0v) is 13.5. The highest BCUT2D eigenvalue weighted by Gasteiger charge is 2.13. The van der Waals surface area contributed by atoms with Crippen molar-refractivity contribution in [3.05, 3.63) is 48.3 Å². The first-order valence-corrected chi connectivity index (χ1v) is 7.18. The fraction of sp³-hybridized carbons (Fsp3) is 0.294. The van der Waals surface area contributed by atoms with Crippen molar-refractivity contribution in [2.24, 2.45) is 0 Å². The molecule has 0 bridgehead atoms. The van der Waals surface area contributed by atoms with Gasteiger partial charge in [0.15, 0.2) is 11.4 Å². The van der Waals surface area contributed by atoms with Gasteiger partial charge in [-0.15, -0.1) is 0 Å². The van der Waals surface area contributed by atoms with Crippen molar-refractivity contribution in [1.82, 2.24) is 4.98 Å². The minimum Gasteiger partial charge on any atom is -0.490 e. The van der Waals surface area contributed by atoms with Gasteiger partial charge in [-0.2, -0.15) is 0 Å². The predicted molar refractivity (Wildman–Crippen MR) is 87.3 cm³/mol. The molecule has 0 saturated carbocycles. The topological polar surface area (TPSA) is 60.9 Å². The second-order valence-electron chi connectivity index (χ2n) is 4.93. The van der Waals surface area contributed by atoms with Crippen molar-refractivity contribution in [1.29, 1.82) is 0 Å². The fourth-order valence-electron chi connectivity index (χ4n) is 1.92. The number of carbonyl (C=O) groups is 1. The van der Waals surface area contributed by atoms with Crippen LogP contribution in [-0.2, 0) is 4.74 Å². The van der Waals surface area contributed by atoms with Gasteiger partial charge >= 0.3 is 5.97 Å². The van der Waals surface area contributed by atoms with Gasteiger partial charge in [0.25, 0.3) is 0 Å². The molecule has 0 fully saturated rings. The first-order chi connectivity index (χ1) is 11.1. The van der Waals surface area contributed by atoms with Crippen molar-refractivity contribution >= 4 is 11.7 Å². The first-order valence-electron chi connectivity index (χ1n) is 7.18. The van der Waals surface area contributed by atoms with E-state index in [4.69, 9.17) is 9.47 Å². The van der Waals surface area contributed by atoms with Crippen LogP contribution < -0.4 is 14.4 Å². The number of methoxy groups -OCH3 is 1. The highest BCUT2D eigenvalue weighted by molar-refractivity contribution is 5.90. The Morgan fingerprint density at radius 3 is 2.65 bits per heavy atom. The molecule has 122 valence electrons. The summed E-state index contributed by atoms with van der Waals surface area (Å²) in [6, 6.07) is 11.1. The Balaban J connectivity index is 1.89. The molecule has 0 aliphatic rings. The van der Waals surface area contributed by atoms with Crippen LogP contribution in [0.15, 0.2) is 42.6 Å². The van der Waals surface area contributed by atoms with Crippen LogP contribution in [0.4, 0.5) is 5.69 Å². The molecule has 0 aliphatic carbocycles. The maximum atomic E-state index is 11.6. The lowest BCUT2D eigenvalue weighted by atomic mass is 10.3. The van der Waals surface area contributed by atoms with E-state index >= 15 is 0 Å². The van der Waals surface area contributed by atoms with E-state index in [2.05, 4.69) is 9.72 Å². The molecule has 6 heteroatoms. The molecule has 0 amide bonds. The summed E-state index contributed by atoms with van der Waals surface area (Å²) in [6.07, 6.45) is 1.52. The second-order valence-corrected chi connectivity index (χ2v) is 4.93. The molecule has 6 nitrogen and oxygen atoms in total. The highest BCUT2D eigenvalue weighted by Crippen LogP contribution is 2.20. The predicted octanol–water partition coefficient (Wildman–Crippen LogP) is 2.39. The summed E-state index contributed by atoms with van der Waals surface area (Å²) in [7, 11) is 5.25. The standard InChI is InChI=1S/C17H20N2O4/c1-19(2)13-6-4-7-14(12-13)22-10-11-23-15-8-5-9-18-16(15)17(20)21-3/h4-9,12H,10-11H2,1-3H3. The van der Waals surface area contributed by atoms with Gasteiger partial charge in [-0.05, 0) is 24.3 Å². The monoisotopic (exact) mass is 316 g/mol. The van der Waals surface area contributed by atoms with E-state index in [1.165, 1.54) is 13.3 Å². The second kappa shape index (κ2) is 8.03. The number of carbonyl (C=O) groups excluding carboxylic acids is 1. The number of ether oxygens (including phenoxy) is 3. The van der Waals surface area contributed by atoms with Crippen LogP contribution in [0.5, 0.6) is 11.5 Å². The Morgan fingerprint density at radius 2 is 1.91 bits per heavy atom. The van der Waals surface area contributed by atoms with Crippen LogP contribution in [-0.4, -0.2) is 45.4 Å². The van der Waals surface area contributed by atoms with Gasteiger partial charge in [-0.25, -0.2) is 9.78 Å². The lowest BCUT2D eigenvalue weighted by Gasteiger charge is -2.14. The van der Waals surface area contributed by atoms with Gasteiger partial charge in [0.2, 0.25) is 0 Å². The molecular formula is C17H20N2O4. The van der Waals surface area contributed by atoms with E-state index in [-0.39, 0.29) is 5.69 Å². The number of esters is 1. The normalized spacial score (nSPS) is 10.0. The molecule has 1 aromatic carbocycles. The number of nitrogens with zero attached hydrogens (tertiary/aromatic N) is 2. The Hall–Kier alpha value is -2.76. The SMILES string of the molecule is COC(=O)c1ncccc1OCCOc1cccc(N(C)C)c1. The Kier molecular flexibility index (Phi) is 5.80. The molecule has 0 atom stereocenters. The lowest BCUT2D eigenvalue weighted by molar-refractivity contribution is 0.0588. The number of pyridine rings is 1. The molecular weight excluding hydrogens is 296 g/mol. The average Bonchev–Trinajstić information content (AvgIpc) is 2.58. The number of rotatable bonds is 7. The van der Waals surface area contributed by atoms with Gasteiger partial charge in [-0.3, -0.25) is 0 Å². The van der Waals surface area contributed by atoms with Crippen molar-refractivity contribution in [3.8, 4) is 11.5 Å².